The van der Waals surface area contributed by atoms with Crippen molar-refractivity contribution in [2.75, 3.05) is 6.79 Å². The molecule has 0 radical (unpaired) electrons. The van der Waals surface area contributed by atoms with Gasteiger partial charge in [-0.15, -0.1) is 12.1 Å². The largest absolute Gasteiger partial charge is 0.516 e. The Kier molecular flexibility index (Phi) is 4.15. The second kappa shape index (κ2) is 4.93. The number of halogens is 1. The van der Waals surface area contributed by atoms with Gasteiger partial charge in [-0.2, -0.15) is 12.1 Å². The molecule has 0 bridgehead atoms. The van der Waals surface area contributed by atoms with Crippen LogP contribution in [0, 0.1) is 6.07 Å². The van der Waals surface area contributed by atoms with Crippen LogP contribution in [0.25, 0.3) is 0 Å². The predicted octanol–water partition coefficient (Wildman–Crippen LogP) is 2.10. The molecule has 0 atom stereocenters. The maximum atomic E-state index is 5.06. The average molecular weight is 313 g/mol. The molecule has 0 unspecified atom stereocenters. The van der Waals surface area contributed by atoms with E-state index in [4.69, 9.17) is 9.47 Å². The van der Waals surface area contributed by atoms with Gasteiger partial charge >= 0.3 is 34.5 Å². The van der Waals surface area contributed by atoms with Crippen LogP contribution < -0.4 is 9.47 Å². The van der Waals surface area contributed by atoms with E-state index in [1.807, 2.05) is 6.07 Å². The van der Waals surface area contributed by atoms with Gasteiger partial charge in [0.25, 0.3) is 0 Å². The van der Waals surface area contributed by atoms with Crippen molar-refractivity contribution in [3.8, 4) is 11.5 Å². The summed E-state index contributed by atoms with van der Waals surface area (Å²) in [4.78, 5) is 0. The molecule has 0 fully saturated rings. The van der Waals surface area contributed by atoms with E-state index in [1.54, 1.807) is 12.1 Å². The van der Waals surface area contributed by atoms with Gasteiger partial charge in [-0.05, 0) is 0 Å². The maximum Gasteiger partial charge on any atom is 0.215 e. The van der Waals surface area contributed by atoms with Gasteiger partial charge < -0.3 is 9.47 Å². The van der Waals surface area contributed by atoms with Crippen LogP contribution in [-0.4, -0.2) is 6.79 Å². The van der Waals surface area contributed by atoms with Crippen molar-refractivity contribution in [3.05, 3.63) is 24.3 Å². The average Bonchev–Trinajstić information content (AvgIpc) is 2.55. The Morgan fingerprint density at radius 3 is 2.82 bits per heavy atom. The van der Waals surface area contributed by atoms with Crippen LogP contribution in [0.15, 0.2) is 18.2 Å². The van der Waals surface area contributed by atoms with Crippen molar-refractivity contribution in [2.24, 2.45) is 0 Å². The Morgan fingerprint density at radius 2 is 2.09 bits per heavy atom. The first-order valence-corrected chi connectivity index (χ1v) is 12.0. The zero-order valence-electron chi connectivity index (χ0n) is 5.84. The molecule has 2 nitrogen and oxygen atoms in total. The predicted molar refractivity (Wildman–Crippen MR) is 45.4 cm³/mol. The molecule has 11 heavy (non-hydrogen) atoms. The number of rotatable bonds is 0. The van der Waals surface area contributed by atoms with Crippen LogP contribution in [0.2, 0.25) is 0 Å². The van der Waals surface area contributed by atoms with E-state index in [-0.39, 0.29) is 0 Å². The number of fused-ring (bicyclic) bond motifs is 1. The summed E-state index contributed by atoms with van der Waals surface area (Å²) in [6, 6.07) is 8.29. The number of benzene rings is 1. The second-order valence-corrected chi connectivity index (χ2v) is 1.78. The van der Waals surface area contributed by atoms with E-state index in [2.05, 4.69) is 25.8 Å². The van der Waals surface area contributed by atoms with Gasteiger partial charge in [-0.3, -0.25) is 0 Å². The molecular formula is C7H5IO2Zn. The van der Waals surface area contributed by atoms with Crippen LogP contribution in [0.5, 0.6) is 11.5 Å². The van der Waals surface area contributed by atoms with E-state index in [9.17, 15) is 0 Å². The minimum Gasteiger partial charge on any atom is -0.516 e. The molecular weight excluding hydrogens is 308 g/mol. The van der Waals surface area contributed by atoms with Crippen LogP contribution in [0.3, 0.4) is 0 Å². The summed E-state index contributed by atoms with van der Waals surface area (Å²) in [7, 11) is 0. The Bertz CT molecular complexity index is 206. The van der Waals surface area contributed by atoms with E-state index in [0.29, 0.717) is 6.79 Å². The van der Waals surface area contributed by atoms with Crippen LogP contribution >= 0.6 is 19.8 Å². The third kappa shape index (κ3) is 2.30. The van der Waals surface area contributed by atoms with Gasteiger partial charge in [-0.25, -0.2) is 0 Å². The Hall–Kier alpha value is 0.173. The molecule has 0 aliphatic carbocycles. The van der Waals surface area contributed by atoms with E-state index >= 15 is 0 Å². The molecule has 2 rings (SSSR count). The minimum absolute atomic E-state index is 0.340. The van der Waals surface area contributed by atoms with E-state index in [1.165, 1.54) is 14.8 Å². The summed E-state index contributed by atoms with van der Waals surface area (Å²) in [6.07, 6.45) is 0. The Labute approximate surface area is 86.1 Å². The smallest absolute Gasteiger partial charge is 0.215 e. The molecule has 1 aromatic carbocycles. The SMILES string of the molecule is [Zn+][I].[c-]1ccc2c(c1)OCO2. The van der Waals surface area contributed by atoms with Gasteiger partial charge in [0, 0.05) is 0 Å². The third-order valence-electron chi connectivity index (χ3n) is 1.22. The monoisotopic (exact) mass is 312 g/mol. The minimum atomic E-state index is 0.340. The molecule has 0 saturated heterocycles. The molecule has 1 aliphatic rings. The van der Waals surface area contributed by atoms with Crippen molar-refractivity contribution in [1.29, 1.82) is 0 Å². The van der Waals surface area contributed by atoms with Crippen molar-refractivity contribution in [1.82, 2.24) is 0 Å². The molecule has 4 heteroatoms. The fourth-order valence-corrected chi connectivity index (χ4v) is 0.789. The third-order valence-corrected chi connectivity index (χ3v) is 1.22. The summed E-state index contributed by atoms with van der Waals surface area (Å²) >= 11 is 3.62. The fraction of sp³-hybridized carbons (Fsp3) is 0.143. The van der Waals surface area contributed by atoms with Crippen LogP contribution in [-0.2, 0) is 14.8 Å². The number of ether oxygens (including phenoxy) is 2. The van der Waals surface area contributed by atoms with Gasteiger partial charge in [0.15, 0.2) is 0 Å². The summed E-state index contributed by atoms with van der Waals surface area (Å²) in [6.45, 7) is 0.340. The molecule has 0 amide bonds. The van der Waals surface area contributed by atoms with Crippen molar-refractivity contribution in [2.45, 2.75) is 0 Å². The standard InChI is InChI=1S/C7H5O2.HI.Zn/c1-2-4-7-6(3-1)8-5-9-7;;/h1,3-4H,5H2;1H;/q-1;;+2/p-1. The number of hydrogen-bond donors (Lipinski definition) is 0. The van der Waals surface area contributed by atoms with Crippen molar-refractivity contribution >= 4 is 19.8 Å². The summed E-state index contributed by atoms with van der Waals surface area (Å²) in [5.41, 5.74) is 0. The molecule has 1 aliphatic heterocycles. The summed E-state index contributed by atoms with van der Waals surface area (Å²) in [5.74, 6) is 1.60. The van der Waals surface area contributed by atoms with Crippen LogP contribution in [0.4, 0.5) is 0 Å². The molecule has 0 saturated carbocycles. The number of hydrogen-bond acceptors (Lipinski definition) is 2. The normalized spacial score (nSPS) is 11.9. The zero-order valence-corrected chi connectivity index (χ0v) is 11.0. The van der Waals surface area contributed by atoms with E-state index < -0.39 is 0 Å². The van der Waals surface area contributed by atoms with Crippen molar-refractivity contribution in [3.63, 3.8) is 0 Å². The Balaban J connectivity index is 0.000000281. The van der Waals surface area contributed by atoms with Gasteiger partial charge in [0.05, 0.1) is 11.5 Å². The molecule has 1 heterocycles. The quantitative estimate of drug-likeness (QED) is 0.415. The first-order chi connectivity index (χ1) is 5.47. The first kappa shape index (κ1) is 9.26. The first-order valence-electron chi connectivity index (χ1n) is 2.99. The van der Waals surface area contributed by atoms with Gasteiger partial charge in [0.1, 0.15) is 0 Å². The van der Waals surface area contributed by atoms with Crippen LogP contribution in [0.1, 0.15) is 0 Å². The topological polar surface area (TPSA) is 18.5 Å². The van der Waals surface area contributed by atoms with Crippen molar-refractivity contribution < 1.29 is 24.3 Å². The molecule has 0 aromatic heterocycles. The van der Waals surface area contributed by atoms with Gasteiger partial charge in [-0.1, -0.05) is 0 Å². The maximum absolute atomic E-state index is 5.06. The molecule has 0 spiro atoms. The fourth-order valence-electron chi connectivity index (χ4n) is 0.789. The summed E-state index contributed by atoms with van der Waals surface area (Å²) < 4.78 is 10.1. The molecule has 1 aromatic rings. The second-order valence-electron chi connectivity index (χ2n) is 1.78. The van der Waals surface area contributed by atoms with E-state index in [0.717, 1.165) is 11.5 Å². The van der Waals surface area contributed by atoms with Gasteiger partial charge in [0.2, 0.25) is 6.79 Å². The zero-order chi connectivity index (χ0) is 8.10. The molecule has 0 N–H and O–H groups in total. The molecule has 54 valence electrons. The Morgan fingerprint density at radius 1 is 1.36 bits per heavy atom. The summed E-state index contributed by atoms with van der Waals surface area (Å²) in [5, 5.41) is 0.